The van der Waals surface area contributed by atoms with Gasteiger partial charge in [-0.15, -0.1) is 0 Å². The summed E-state index contributed by atoms with van der Waals surface area (Å²) in [5, 5.41) is 0.667. The van der Waals surface area contributed by atoms with E-state index in [0.717, 1.165) is 13.1 Å². The van der Waals surface area contributed by atoms with Crippen LogP contribution in [0.4, 0.5) is 0 Å². The fraction of sp³-hybridized carbons (Fsp3) is 0.818. The van der Waals surface area contributed by atoms with Crippen LogP contribution in [0.5, 0.6) is 0 Å². The van der Waals surface area contributed by atoms with Crippen LogP contribution in [-0.4, -0.2) is 31.2 Å². The van der Waals surface area contributed by atoms with Crippen molar-refractivity contribution in [2.75, 3.05) is 26.3 Å². The van der Waals surface area contributed by atoms with Crippen LogP contribution in [0.15, 0.2) is 11.5 Å². The van der Waals surface area contributed by atoms with Crippen LogP contribution in [0.25, 0.3) is 0 Å². The van der Waals surface area contributed by atoms with Gasteiger partial charge in [0.05, 0.1) is 18.5 Å². The first-order valence-corrected chi connectivity index (χ1v) is 7.40. The molecule has 0 amide bonds. The summed E-state index contributed by atoms with van der Waals surface area (Å²) in [7, 11) is -3.07. The minimum absolute atomic E-state index is 0.390. The number of allylic oxidation sites excluding steroid dienone is 1. The van der Waals surface area contributed by atoms with Crippen molar-refractivity contribution in [1.29, 1.82) is 0 Å². The maximum atomic E-state index is 12.3. The van der Waals surface area contributed by atoms with E-state index in [1.54, 1.807) is 6.92 Å². The van der Waals surface area contributed by atoms with Gasteiger partial charge in [-0.25, -0.2) is 0 Å². The molecule has 0 heterocycles. The molecule has 0 aromatic heterocycles. The molecule has 0 fully saturated rings. The molecule has 0 N–H and O–H groups in total. The van der Waals surface area contributed by atoms with Gasteiger partial charge >= 0.3 is 7.60 Å². The largest absolute Gasteiger partial charge is 0.377 e. The Hall–Kier alpha value is -0.310. The van der Waals surface area contributed by atoms with Gasteiger partial charge < -0.3 is 13.9 Å². The average Bonchev–Trinajstić information content (AvgIpc) is 2.26. The molecule has 0 radical (unpaired) electrons. The van der Waals surface area contributed by atoms with E-state index in [9.17, 15) is 4.57 Å². The highest BCUT2D eigenvalue weighted by molar-refractivity contribution is 7.58. The van der Waals surface area contributed by atoms with Crippen molar-refractivity contribution in [1.82, 2.24) is 4.90 Å². The second-order valence-corrected chi connectivity index (χ2v) is 5.54. The van der Waals surface area contributed by atoms with Crippen LogP contribution in [0, 0.1) is 0 Å². The highest BCUT2D eigenvalue weighted by Crippen LogP contribution is 2.55. The molecular weight excluding hydrogens is 225 g/mol. The Morgan fingerprint density at radius 1 is 1.12 bits per heavy atom. The molecule has 0 aromatic rings. The SMILES string of the molecule is CCOP(=O)(OCC)/C(C)=C/N(CC)CC. The van der Waals surface area contributed by atoms with E-state index in [-0.39, 0.29) is 0 Å². The fourth-order valence-electron chi connectivity index (χ4n) is 1.32. The van der Waals surface area contributed by atoms with Crippen LogP contribution in [0.3, 0.4) is 0 Å². The summed E-state index contributed by atoms with van der Waals surface area (Å²) in [5.41, 5.74) is 0. The molecule has 0 aromatic carbocycles. The lowest BCUT2D eigenvalue weighted by Crippen LogP contribution is -2.16. The van der Waals surface area contributed by atoms with Crippen molar-refractivity contribution in [3.63, 3.8) is 0 Å². The fourth-order valence-corrected chi connectivity index (χ4v) is 2.79. The van der Waals surface area contributed by atoms with Crippen molar-refractivity contribution in [2.24, 2.45) is 0 Å². The first-order chi connectivity index (χ1) is 7.53. The Labute approximate surface area is 99.1 Å². The van der Waals surface area contributed by atoms with Gasteiger partial charge in [0.25, 0.3) is 0 Å². The van der Waals surface area contributed by atoms with E-state index < -0.39 is 7.60 Å². The molecule has 96 valence electrons. The summed E-state index contributed by atoms with van der Waals surface area (Å²) >= 11 is 0. The average molecular weight is 249 g/mol. The Balaban J connectivity index is 4.84. The summed E-state index contributed by atoms with van der Waals surface area (Å²) in [6.45, 7) is 12.1. The van der Waals surface area contributed by atoms with Gasteiger partial charge in [0.2, 0.25) is 0 Å². The molecule has 0 rings (SSSR count). The minimum atomic E-state index is -3.07. The van der Waals surface area contributed by atoms with Gasteiger partial charge in [0, 0.05) is 19.3 Å². The molecule has 0 saturated heterocycles. The highest BCUT2D eigenvalue weighted by Gasteiger charge is 2.26. The lowest BCUT2D eigenvalue weighted by Gasteiger charge is -2.21. The number of rotatable bonds is 8. The molecule has 0 bridgehead atoms. The van der Waals surface area contributed by atoms with Gasteiger partial charge in [-0.1, -0.05) is 0 Å². The van der Waals surface area contributed by atoms with Crippen LogP contribution >= 0.6 is 7.60 Å². The molecule has 0 aliphatic heterocycles. The summed E-state index contributed by atoms with van der Waals surface area (Å²) in [5.74, 6) is 0. The zero-order valence-corrected chi connectivity index (χ0v) is 11.9. The van der Waals surface area contributed by atoms with Gasteiger partial charge in [-0.3, -0.25) is 4.57 Å². The zero-order chi connectivity index (χ0) is 12.6. The number of hydrogen-bond donors (Lipinski definition) is 0. The van der Waals surface area contributed by atoms with Crippen molar-refractivity contribution < 1.29 is 13.6 Å². The lowest BCUT2D eigenvalue weighted by molar-refractivity contribution is 0.225. The van der Waals surface area contributed by atoms with Gasteiger partial charge in [0.15, 0.2) is 0 Å². The molecule has 0 saturated carbocycles. The minimum Gasteiger partial charge on any atom is -0.377 e. The van der Waals surface area contributed by atoms with E-state index in [4.69, 9.17) is 9.05 Å². The molecule has 4 nitrogen and oxygen atoms in total. The predicted octanol–water partition coefficient (Wildman–Crippen LogP) is 3.46. The van der Waals surface area contributed by atoms with Crippen molar-refractivity contribution in [2.45, 2.75) is 34.6 Å². The second kappa shape index (κ2) is 7.88. The zero-order valence-electron chi connectivity index (χ0n) is 11.0. The monoisotopic (exact) mass is 249 g/mol. The third-order valence-corrected chi connectivity index (χ3v) is 4.39. The summed E-state index contributed by atoms with van der Waals surface area (Å²) in [6, 6.07) is 0. The summed E-state index contributed by atoms with van der Waals surface area (Å²) in [4.78, 5) is 2.07. The Morgan fingerprint density at radius 2 is 1.56 bits per heavy atom. The highest BCUT2D eigenvalue weighted by atomic mass is 31.2. The van der Waals surface area contributed by atoms with E-state index in [2.05, 4.69) is 18.7 Å². The summed E-state index contributed by atoms with van der Waals surface area (Å²) < 4.78 is 22.9. The third-order valence-electron chi connectivity index (χ3n) is 2.21. The van der Waals surface area contributed by atoms with E-state index in [1.165, 1.54) is 0 Å². The first kappa shape index (κ1) is 15.7. The molecule has 0 spiro atoms. The predicted molar refractivity (Wildman–Crippen MR) is 67.5 cm³/mol. The molecular formula is C11H24NO3P. The maximum Gasteiger partial charge on any atom is 0.358 e. The third kappa shape index (κ3) is 4.69. The van der Waals surface area contributed by atoms with Crippen molar-refractivity contribution >= 4 is 7.60 Å². The van der Waals surface area contributed by atoms with Gasteiger partial charge in [-0.2, -0.15) is 0 Å². The van der Waals surface area contributed by atoms with E-state index in [1.807, 2.05) is 20.0 Å². The molecule has 0 aliphatic carbocycles. The Kier molecular flexibility index (Phi) is 7.73. The number of nitrogens with zero attached hydrogens (tertiary/aromatic N) is 1. The first-order valence-electron chi connectivity index (χ1n) is 5.86. The molecule has 0 atom stereocenters. The Morgan fingerprint density at radius 3 is 1.88 bits per heavy atom. The van der Waals surface area contributed by atoms with Crippen molar-refractivity contribution in [3.8, 4) is 0 Å². The summed E-state index contributed by atoms with van der Waals surface area (Å²) in [6.07, 6.45) is 1.87. The topological polar surface area (TPSA) is 38.8 Å². The van der Waals surface area contributed by atoms with Crippen molar-refractivity contribution in [3.05, 3.63) is 11.5 Å². The van der Waals surface area contributed by atoms with E-state index in [0.29, 0.717) is 18.5 Å². The molecule has 16 heavy (non-hydrogen) atoms. The Bertz CT molecular complexity index is 252. The normalized spacial score (nSPS) is 12.9. The molecule has 0 aliphatic rings. The van der Waals surface area contributed by atoms with Crippen LogP contribution in [0.2, 0.25) is 0 Å². The van der Waals surface area contributed by atoms with Crippen LogP contribution in [-0.2, 0) is 13.6 Å². The van der Waals surface area contributed by atoms with Gasteiger partial charge in [-0.05, 0) is 34.6 Å². The van der Waals surface area contributed by atoms with Gasteiger partial charge in [0.1, 0.15) is 0 Å². The maximum absolute atomic E-state index is 12.3. The van der Waals surface area contributed by atoms with Crippen LogP contribution in [0.1, 0.15) is 34.6 Å². The van der Waals surface area contributed by atoms with Crippen LogP contribution < -0.4 is 0 Å². The second-order valence-electron chi connectivity index (χ2n) is 3.32. The smallest absolute Gasteiger partial charge is 0.358 e. The molecule has 5 heteroatoms. The molecule has 0 unspecified atom stereocenters. The number of hydrogen-bond acceptors (Lipinski definition) is 4. The van der Waals surface area contributed by atoms with E-state index >= 15 is 0 Å². The lowest BCUT2D eigenvalue weighted by atomic mass is 10.5. The standard InChI is InChI=1S/C11H24NO3P/c1-6-12(7-2)10-11(5)16(13,14-8-3)15-9-4/h10H,6-9H2,1-5H3/b11-10+. The quantitative estimate of drug-likeness (QED) is 0.617.